The van der Waals surface area contributed by atoms with Gasteiger partial charge in [0.05, 0.1) is 13.2 Å². The molecule has 0 aromatic carbocycles. The maximum Gasteiger partial charge on any atom is 0.317 e. The van der Waals surface area contributed by atoms with Crippen LogP contribution in [0.3, 0.4) is 0 Å². The third-order valence-electron chi connectivity index (χ3n) is 2.77. The molecule has 0 rings (SSSR count). The van der Waals surface area contributed by atoms with Crippen molar-refractivity contribution in [2.24, 2.45) is 5.41 Å². The van der Waals surface area contributed by atoms with E-state index in [-0.39, 0.29) is 12.8 Å². The van der Waals surface area contributed by atoms with Crippen LogP contribution in [-0.4, -0.2) is 56.8 Å². The van der Waals surface area contributed by atoms with Gasteiger partial charge >= 0.3 is 11.9 Å². The van der Waals surface area contributed by atoms with Crippen LogP contribution < -0.4 is 0 Å². The molecule has 0 saturated heterocycles. The fourth-order valence-electron chi connectivity index (χ4n) is 1.24. The smallest absolute Gasteiger partial charge is 0.317 e. The van der Waals surface area contributed by atoms with Gasteiger partial charge in [-0.2, -0.15) is 0 Å². The minimum atomic E-state index is -3.14. The predicted octanol–water partition coefficient (Wildman–Crippen LogP) is -1.68. The summed E-state index contributed by atoms with van der Waals surface area (Å²) in [6, 6.07) is 0. The number of ether oxygens (including phenoxy) is 1. The van der Waals surface area contributed by atoms with E-state index in [9.17, 15) is 4.79 Å². The maximum absolute atomic E-state index is 11.7. The number of rotatable bonds is 7. The van der Waals surface area contributed by atoms with Gasteiger partial charge in [0.15, 0.2) is 6.10 Å². The van der Waals surface area contributed by atoms with Crippen LogP contribution in [0.25, 0.3) is 0 Å². The van der Waals surface area contributed by atoms with Gasteiger partial charge in [0, 0.05) is 0 Å². The molecule has 5 N–H and O–H groups in total. The topological polar surface area (TPSA) is 127 Å². The SMILES string of the molecule is CCC(OC(=O)C(CC)(CO)CO)C(O)(O)O. The third-order valence-corrected chi connectivity index (χ3v) is 2.77. The van der Waals surface area contributed by atoms with Gasteiger partial charge in [-0.05, 0) is 12.8 Å². The molecule has 7 heteroatoms. The highest BCUT2D eigenvalue weighted by Crippen LogP contribution is 2.25. The Hall–Kier alpha value is -0.730. The van der Waals surface area contributed by atoms with E-state index in [4.69, 9.17) is 30.3 Å². The van der Waals surface area contributed by atoms with E-state index in [1.165, 1.54) is 6.92 Å². The Morgan fingerprint density at radius 3 is 1.88 bits per heavy atom. The summed E-state index contributed by atoms with van der Waals surface area (Å²) < 4.78 is 4.69. The van der Waals surface area contributed by atoms with Crippen molar-refractivity contribution in [2.75, 3.05) is 13.2 Å². The zero-order valence-electron chi connectivity index (χ0n) is 9.96. The molecule has 17 heavy (non-hydrogen) atoms. The van der Waals surface area contributed by atoms with E-state index in [0.29, 0.717) is 0 Å². The number of carbonyl (C=O) groups excluding carboxylic acids is 1. The molecule has 0 heterocycles. The maximum atomic E-state index is 11.7. The Balaban J connectivity index is 4.82. The van der Waals surface area contributed by atoms with Gasteiger partial charge < -0.3 is 30.3 Å². The Kier molecular flexibility index (Phi) is 6.00. The van der Waals surface area contributed by atoms with Gasteiger partial charge in [0.25, 0.3) is 0 Å². The summed E-state index contributed by atoms with van der Waals surface area (Å²) in [5.74, 6) is -4.13. The molecule has 102 valence electrons. The molecule has 0 aliphatic heterocycles. The average Bonchev–Trinajstić information content (AvgIpc) is 2.27. The quantitative estimate of drug-likeness (QED) is 0.270. The van der Waals surface area contributed by atoms with Crippen LogP contribution in [0, 0.1) is 5.41 Å². The number of carbonyl (C=O) groups is 1. The zero-order chi connectivity index (χ0) is 13.7. The van der Waals surface area contributed by atoms with Crippen LogP contribution in [0.5, 0.6) is 0 Å². The predicted molar refractivity (Wildman–Crippen MR) is 56.5 cm³/mol. The molecule has 0 fully saturated rings. The van der Waals surface area contributed by atoms with Crippen molar-refractivity contribution in [1.29, 1.82) is 0 Å². The summed E-state index contributed by atoms with van der Waals surface area (Å²) in [6.07, 6.45) is -1.46. The van der Waals surface area contributed by atoms with Gasteiger partial charge in [0.1, 0.15) is 5.41 Å². The summed E-state index contributed by atoms with van der Waals surface area (Å²) in [6.45, 7) is 1.77. The lowest BCUT2D eigenvalue weighted by molar-refractivity contribution is -0.357. The molecule has 0 aromatic rings. The highest BCUT2D eigenvalue weighted by Gasteiger charge is 2.42. The number of aliphatic hydroxyl groups excluding tert-OH is 2. The first-order valence-electron chi connectivity index (χ1n) is 5.37. The van der Waals surface area contributed by atoms with Crippen molar-refractivity contribution < 1.29 is 35.1 Å². The molecule has 0 amide bonds. The first kappa shape index (κ1) is 16.3. The molecule has 0 aliphatic rings. The summed E-state index contributed by atoms with van der Waals surface area (Å²) in [7, 11) is 0. The lowest BCUT2D eigenvalue weighted by Gasteiger charge is -2.31. The highest BCUT2D eigenvalue weighted by molar-refractivity contribution is 5.77. The van der Waals surface area contributed by atoms with Crippen molar-refractivity contribution in [3.05, 3.63) is 0 Å². The van der Waals surface area contributed by atoms with Crippen LogP contribution in [0.4, 0.5) is 0 Å². The van der Waals surface area contributed by atoms with E-state index in [1.807, 2.05) is 0 Å². The van der Waals surface area contributed by atoms with Crippen molar-refractivity contribution in [3.63, 3.8) is 0 Å². The van der Waals surface area contributed by atoms with Crippen LogP contribution in [0.2, 0.25) is 0 Å². The second-order valence-electron chi connectivity index (χ2n) is 3.94. The summed E-state index contributed by atoms with van der Waals surface area (Å²) >= 11 is 0. The third kappa shape index (κ3) is 3.90. The average molecular weight is 252 g/mol. The molecule has 7 nitrogen and oxygen atoms in total. The Bertz CT molecular complexity index is 233. The monoisotopic (exact) mass is 252 g/mol. The normalized spacial score (nSPS) is 14.5. The zero-order valence-corrected chi connectivity index (χ0v) is 9.96. The largest absolute Gasteiger partial charge is 0.453 e. The molecule has 0 radical (unpaired) electrons. The lowest BCUT2D eigenvalue weighted by atomic mass is 9.87. The van der Waals surface area contributed by atoms with Crippen molar-refractivity contribution in [3.8, 4) is 0 Å². The molecular formula is C10H20O7. The molecule has 0 bridgehead atoms. The van der Waals surface area contributed by atoms with Gasteiger partial charge in [-0.1, -0.05) is 13.8 Å². The molecule has 0 spiro atoms. The summed E-state index contributed by atoms with van der Waals surface area (Å²) in [5, 5.41) is 44.9. The number of hydrogen-bond donors (Lipinski definition) is 5. The van der Waals surface area contributed by atoms with Crippen molar-refractivity contribution >= 4 is 5.97 Å². The minimum Gasteiger partial charge on any atom is -0.453 e. The van der Waals surface area contributed by atoms with E-state index < -0.39 is 36.7 Å². The van der Waals surface area contributed by atoms with E-state index in [1.54, 1.807) is 6.92 Å². The molecule has 1 atom stereocenters. The van der Waals surface area contributed by atoms with E-state index >= 15 is 0 Å². The fourth-order valence-corrected chi connectivity index (χ4v) is 1.24. The lowest BCUT2D eigenvalue weighted by Crippen LogP contribution is -2.48. The number of hydrogen-bond acceptors (Lipinski definition) is 7. The fraction of sp³-hybridized carbons (Fsp3) is 0.900. The number of esters is 1. The standard InChI is InChI=1S/C10H20O7/c1-3-7(10(14,15)16)17-8(13)9(4-2,5-11)6-12/h7,11-12,14-16H,3-6H2,1-2H3. The molecular weight excluding hydrogens is 232 g/mol. The van der Waals surface area contributed by atoms with Gasteiger partial charge in [-0.25, -0.2) is 0 Å². The second kappa shape index (κ2) is 6.27. The summed E-state index contributed by atoms with van der Waals surface area (Å²) in [4.78, 5) is 11.7. The second-order valence-corrected chi connectivity index (χ2v) is 3.94. The first-order valence-corrected chi connectivity index (χ1v) is 5.37. The van der Waals surface area contributed by atoms with E-state index in [2.05, 4.69) is 0 Å². The Morgan fingerprint density at radius 1 is 1.18 bits per heavy atom. The Labute approximate surface area is 99.3 Å². The van der Waals surface area contributed by atoms with Crippen molar-refractivity contribution in [2.45, 2.75) is 38.8 Å². The molecule has 0 aromatic heterocycles. The molecule has 0 saturated carbocycles. The summed E-state index contributed by atoms with van der Waals surface area (Å²) in [5.41, 5.74) is -1.50. The Morgan fingerprint density at radius 2 is 1.65 bits per heavy atom. The minimum absolute atomic E-state index is 0.0358. The van der Waals surface area contributed by atoms with Crippen LogP contribution in [0.15, 0.2) is 0 Å². The van der Waals surface area contributed by atoms with E-state index in [0.717, 1.165) is 0 Å². The van der Waals surface area contributed by atoms with Gasteiger partial charge in [-0.3, -0.25) is 4.79 Å². The van der Waals surface area contributed by atoms with Crippen molar-refractivity contribution in [1.82, 2.24) is 0 Å². The van der Waals surface area contributed by atoms with Gasteiger partial charge in [-0.15, -0.1) is 0 Å². The van der Waals surface area contributed by atoms with Gasteiger partial charge in [0.2, 0.25) is 0 Å². The molecule has 0 aliphatic carbocycles. The van der Waals surface area contributed by atoms with Crippen LogP contribution >= 0.6 is 0 Å². The number of aliphatic hydroxyl groups is 5. The van der Waals surface area contributed by atoms with Crippen LogP contribution in [-0.2, 0) is 9.53 Å². The van der Waals surface area contributed by atoms with Crippen LogP contribution in [0.1, 0.15) is 26.7 Å². The molecule has 1 unspecified atom stereocenters. The highest BCUT2D eigenvalue weighted by atomic mass is 16.7. The first-order chi connectivity index (χ1) is 7.77.